The number of aromatic nitrogens is 2. The third-order valence-electron chi connectivity index (χ3n) is 5.59. The molecule has 9 heteroatoms. The number of carbonyl (C=O) groups excluding carboxylic acids is 2. The molecule has 3 N–H and O–H groups in total. The molecule has 0 unspecified atom stereocenters. The standard InChI is InChI=1S/C25H27N5O4/c1-3-33-24(32)21-15-27-25(30(23(21)26)34-12-11-17-7-5-4-6-8-17)28-20-10-9-18-14-22(31)29(2)16-19(18)13-20/h4-10,13,15H,3,11-12,14,16H2,1-2H3,(H2,26,27,28,32)/p+1. The van der Waals surface area contributed by atoms with Crippen LogP contribution in [0.25, 0.3) is 0 Å². The summed E-state index contributed by atoms with van der Waals surface area (Å²) in [6, 6.07) is 15.7. The predicted molar refractivity (Wildman–Crippen MR) is 126 cm³/mol. The fourth-order valence-electron chi connectivity index (χ4n) is 3.74. The molecular formula is C25H28N5O4+. The van der Waals surface area contributed by atoms with Crippen molar-refractivity contribution in [3.05, 3.63) is 77.0 Å². The van der Waals surface area contributed by atoms with Crippen LogP contribution < -0.4 is 20.6 Å². The van der Waals surface area contributed by atoms with Gasteiger partial charge in [-0.1, -0.05) is 36.4 Å². The van der Waals surface area contributed by atoms with E-state index < -0.39 is 5.97 Å². The van der Waals surface area contributed by atoms with Gasteiger partial charge >= 0.3 is 11.9 Å². The van der Waals surface area contributed by atoms with Crippen LogP contribution in [-0.2, 0) is 28.9 Å². The van der Waals surface area contributed by atoms with Crippen molar-refractivity contribution in [3.8, 4) is 0 Å². The molecule has 0 saturated heterocycles. The lowest BCUT2D eigenvalue weighted by molar-refractivity contribution is -0.870. The Bertz CT molecular complexity index is 1200. The maximum absolute atomic E-state index is 12.3. The van der Waals surface area contributed by atoms with Crippen molar-refractivity contribution in [1.29, 1.82) is 0 Å². The fraction of sp³-hybridized carbons (Fsp3) is 0.280. The highest BCUT2D eigenvalue weighted by atomic mass is 16.7. The van der Waals surface area contributed by atoms with E-state index in [0.29, 0.717) is 31.9 Å². The van der Waals surface area contributed by atoms with Gasteiger partial charge in [-0.3, -0.25) is 10.1 Å². The van der Waals surface area contributed by atoms with Gasteiger partial charge in [0.25, 0.3) is 0 Å². The topological polar surface area (TPSA) is 111 Å². The number of ether oxygens (including phenoxy) is 1. The summed E-state index contributed by atoms with van der Waals surface area (Å²) in [6.45, 7) is 2.80. The molecule has 2 heterocycles. The molecule has 1 aliphatic rings. The van der Waals surface area contributed by atoms with Crippen molar-refractivity contribution < 1.29 is 23.9 Å². The monoisotopic (exact) mass is 462 g/mol. The first kappa shape index (κ1) is 23.0. The minimum absolute atomic E-state index is 0.0901. The zero-order chi connectivity index (χ0) is 24.1. The van der Waals surface area contributed by atoms with Gasteiger partial charge in [-0.25, -0.2) is 4.79 Å². The Balaban J connectivity index is 1.60. The zero-order valence-corrected chi connectivity index (χ0v) is 19.3. The summed E-state index contributed by atoms with van der Waals surface area (Å²) in [5.74, 6) is -0.0612. The van der Waals surface area contributed by atoms with Gasteiger partial charge < -0.3 is 20.2 Å². The SMILES string of the molecule is CCOC(=O)c1cnc(Nc2ccc3c(c2)CN(C)C(=O)C3)[n+](OCCc2ccccc2)c1N. The van der Waals surface area contributed by atoms with Crippen LogP contribution >= 0.6 is 0 Å². The average Bonchev–Trinajstić information content (AvgIpc) is 2.82. The summed E-state index contributed by atoms with van der Waals surface area (Å²) >= 11 is 0. The van der Waals surface area contributed by atoms with Crippen LogP contribution in [0.3, 0.4) is 0 Å². The van der Waals surface area contributed by atoms with Gasteiger partial charge in [0.2, 0.25) is 11.7 Å². The second-order valence-electron chi connectivity index (χ2n) is 8.00. The van der Waals surface area contributed by atoms with Gasteiger partial charge in [0.15, 0.2) is 5.56 Å². The van der Waals surface area contributed by atoms with Crippen molar-refractivity contribution in [3.63, 3.8) is 0 Å². The van der Waals surface area contributed by atoms with Crippen LogP contribution in [-0.4, -0.2) is 42.0 Å². The van der Waals surface area contributed by atoms with E-state index in [2.05, 4.69) is 10.3 Å². The highest BCUT2D eigenvalue weighted by Gasteiger charge is 2.25. The molecule has 0 atom stereocenters. The minimum Gasteiger partial charge on any atom is -0.462 e. The van der Waals surface area contributed by atoms with Crippen molar-refractivity contribution in [1.82, 2.24) is 9.88 Å². The van der Waals surface area contributed by atoms with Gasteiger partial charge in [0.1, 0.15) is 12.8 Å². The molecule has 1 aliphatic heterocycles. The van der Waals surface area contributed by atoms with E-state index >= 15 is 0 Å². The first-order valence-corrected chi connectivity index (χ1v) is 11.1. The normalized spacial score (nSPS) is 12.8. The van der Waals surface area contributed by atoms with Crippen molar-refractivity contribution >= 4 is 29.3 Å². The summed E-state index contributed by atoms with van der Waals surface area (Å²) in [4.78, 5) is 36.4. The number of hydrogen-bond donors (Lipinski definition) is 2. The number of benzene rings is 2. The average molecular weight is 463 g/mol. The molecule has 0 saturated carbocycles. The number of nitrogens with one attached hydrogen (secondary N) is 1. The maximum atomic E-state index is 12.3. The fourth-order valence-corrected chi connectivity index (χ4v) is 3.74. The highest BCUT2D eigenvalue weighted by Crippen LogP contribution is 2.24. The van der Waals surface area contributed by atoms with Crippen LogP contribution in [0.2, 0.25) is 0 Å². The first-order valence-electron chi connectivity index (χ1n) is 11.1. The summed E-state index contributed by atoms with van der Waals surface area (Å²) in [5, 5.41) is 3.23. The first-order chi connectivity index (χ1) is 16.5. The van der Waals surface area contributed by atoms with Crippen LogP contribution in [0.1, 0.15) is 34.0 Å². The number of nitrogens with zero attached hydrogens (tertiary/aromatic N) is 3. The summed E-state index contributed by atoms with van der Waals surface area (Å²) in [6.07, 6.45) is 2.40. The Morgan fingerprint density at radius 3 is 2.76 bits per heavy atom. The van der Waals surface area contributed by atoms with E-state index in [4.69, 9.17) is 15.3 Å². The predicted octanol–water partition coefficient (Wildman–Crippen LogP) is 2.06. The van der Waals surface area contributed by atoms with Gasteiger partial charge in [0, 0.05) is 20.0 Å². The van der Waals surface area contributed by atoms with E-state index in [0.717, 1.165) is 22.4 Å². The number of esters is 1. The molecule has 1 aromatic heterocycles. The van der Waals surface area contributed by atoms with Gasteiger partial charge in [-0.2, -0.15) is 0 Å². The smallest absolute Gasteiger partial charge is 0.388 e. The number of amides is 1. The number of likely N-dealkylation sites (N-methyl/N-ethyl adjacent to an activating group) is 1. The number of nitrogen functional groups attached to an aromatic ring is 1. The largest absolute Gasteiger partial charge is 0.462 e. The number of fused-ring (bicyclic) bond motifs is 1. The molecule has 0 spiro atoms. The van der Waals surface area contributed by atoms with E-state index in [1.165, 1.54) is 10.9 Å². The van der Waals surface area contributed by atoms with E-state index in [1.807, 2.05) is 48.5 Å². The Morgan fingerprint density at radius 2 is 2.00 bits per heavy atom. The Morgan fingerprint density at radius 1 is 1.21 bits per heavy atom. The molecule has 0 aliphatic carbocycles. The quantitative estimate of drug-likeness (QED) is 0.389. The lowest BCUT2D eigenvalue weighted by Gasteiger charge is -2.25. The van der Waals surface area contributed by atoms with Crippen molar-refractivity contribution in [2.75, 3.05) is 31.3 Å². The number of anilines is 3. The van der Waals surface area contributed by atoms with Crippen molar-refractivity contribution in [2.24, 2.45) is 0 Å². The molecule has 2 aromatic carbocycles. The number of nitrogens with two attached hydrogens (primary N) is 1. The van der Waals surface area contributed by atoms with Crippen LogP contribution in [0.15, 0.2) is 54.7 Å². The zero-order valence-electron chi connectivity index (χ0n) is 19.3. The van der Waals surface area contributed by atoms with Gasteiger partial charge in [-0.05, 0) is 40.5 Å². The number of rotatable bonds is 8. The van der Waals surface area contributed by atoms with Gasteiger partial charge in [0.05, 0.1) is 18.7 Å². The van der Waals surface area contributed by atoms with E-state index in [-0.39, 0.29) is 23.9 Å². The van der Waals surface area contributed by atoms with Crippen LogP contribution in [0.4, 0.5) is 17.5 Å². The Labute approximate surface area is 198 Å². The number of hydrogen-bond acceptors (Lipinski definition) is 7. The molecule has 176 valence electrons. The van der Waals surface area contributed by atoms with E-state index in [1.54, 1.807) is 18.9 Å². The molecule has 4 rings (SSSR count). The third kappa shape index (κ3) is 5.09. The molecule has 0 fully saturated rings. The molecule has 0 radical (unpaired) electrons. The molecule has 9 nitrogen and oxygen atoms in total. The summed E-state index contributed by atoms with van der Waals surface area (Å²) in [7, 11) is 1.79. The second-order valence-corrected chi connectivity index (χ2v) is 8.00. The summed E-state index contributed by atoms with van der Waals surface area (Å²) in [5.41, 5.74) is 10.4. The number of carbonyl (C=O) groups is 2. The molecule has 1 amide bonds. The molecule has 0 bridgehead atoms. The molecule has 34 heavy (non-hydrogen) atoms. The van der Waals surface area contributed by atoms with E-state index in [9.17, 15) is 9.59 Å². The van der Waals surface area contributed by atoms with Gasteiger partial charge in [-0.15, -0.1) is 4.98 Å². The van der Waals surface area contributed by atoms with Crippen molar-refractivity contribution in [2.45, 2.75) is 26.3 Å². The molecule has 3 aromatic rings. The van der Waals surface area contributed by atoms with Crippen LogP contribution in [0, 0.1) is 0 Å². The summed E-state index contributed by atoms with van der Waals surface area (Å²) < 4.78 is 6.42. The molecular weight excluding hydrogens is 434 g/mol. The van der Waals surface area contributed by atoms with Crippen LogP contribution in [0.5, 0.6) is 0 Å². The highest BCUT2D eigenvalue weighted by molar-refractivity contribution is 5.93. The third-order valence-corrected chi connectivity index (χ3v) is 5.59. The second kappa shape index (κ2) is 10.2. The minimum atomic E-state index is -0.569. The Hall–Kier alpha value is -4.14. The maximum Gasteiger partial charge on any atom is 0.388 e. The Kier molecular flexibility index (Phi) is 6.91. The lowest BCUT2D eigenvalue weighted by Crippen LogP contribution is -2.49. The lowest BCUT2D eigenvalue weighted by atomic mass is 9.99.